The van der Waals surface area contributed by atoms with E-state index in [1.807, 2.05) is 14.0 Å². The summed E-state index contributed by atoms with van der Waals surface area (Å²) in [6.45, 7) is 8.01. The third-order valence-electron chi connectivity index (χ3n) is 1.25. The van der Waals surface area contributed by atoms with E-state index in [4.69, 9.17) is 5.11 Å². The van der Waals surface area contributed by atoms with Gasteiger partial charge in [0.05, 0.1) is 6.10 Å². The molecule has 0 aliphatic carbocycles. The Morgan fingerprint density at radius 2 is 1.64 bits per heavy atom. The Morgan fingerprint density at radius 1 is 1.18 bits per heavy atom. The zero-order chi connectivity index (χ0) is 8.15. The van der Waals surface area contributed by atoms with Crippen LogP contribution in [0.4, 0.5) is 0 Å². The van der Waals surface area contributed by atoms with Crippen LogP contribution < -0.4 is 0 Å². The molecular formula is C8H19NOV. The molecule has 0 heterocycles. The number of rotatable bonds is 4. The molecule has 0 saturated carbocycles. The summed E-state index contributed by atoms with van der Waals surface area (Å²) in [7, 11) is 2.03. The van der Waals surface area contributed by atoms with Crippen molar-refractivity contribution in [2.45, 2.75) is 26.9 Å². The van der Waals surface area contributed by atoms with Gasteiger partial charge >= 0.3 is 0 Å². The van der Waals surface area contributed by atoms with Gasteiger partial charge in [-0.3, -0.25) is 0 Å². The fourth-order valence-corrected chi connectivity index (χ4v) is 1.15. The smallest absolute Gasteiger partial charge is 0.0638 e. The minimum absolute atomic E-state index is 0. The van der Waals surface area contributed by atoms with Crippen molar-refractivity contribution in [2.75, 3.05) is 20.1 Å². The summed E-state index contributed by atoms with van der Waals surface area (Å²) in [4.78, 5) is 2.15. The molecule has 1 atom stereocenters. The second kappa shape index (κ2) is 7.17. The standard InChI is InChI=1S/C8H19NO.V/c1-7(2)5-9(4)6-8(3)10;/h7-8,10H,5-6H2,1-4H3;. The first kappa shape index (κ1) is 14.1. The van der Waals surface area contributed by atoms with Crippen LogP contribution in [-0.2, 0) is 18.6 Å². The Kier molecular flexibility index (Phi) is 9.16. The quantitative estimate of drug-likeness (QED) is 0.723. The molecule has 0 fully saturated rings. The van der Waals surface area contributed by atoms with Crippen molar-refractivity contribution < 1.29 is 23.7 Å². The first-order chi connectivity index (χ1) is 4.52. The van der Waals surface area contributed by atoms with Crippen LogP contribution in [0.15, 0.2) is 0 Å². The average molecular weight is 196 g/mol. The maximum absolute atomic E-state index is 8.99. The second-order valence-electron chi connectivity index (χ2n) is 3.46. The van der Waals surface area contributed by atoms with E-state index in [0.717, 1.165) is 13.1 Å². The van der Waals surface area contributed by atoms with Gasteiger partial charge in [0.1, 0.15) is 0 Å². The first-order valence-electron chi connectivity index (χ1n) is 3.89. The largest absolute Gasteiger partial charge is 0.392 e. The molecule has 1 unspecified atom stereocenters. The summed E-state index contributed by atoms with van der Waals surface area (Å²) in [5, 5.41) is 8.99. The maximum atomic E-state index is 8.99. The normalized spacial score (nSPS) is 13.4. The molecule has 3 heteroatoms. The van der Waals surface area contributed by atoms with Gasteiger partial charge in [-0.1, -0.05) is 13.8 Å². The Hall–Kier alpha value is 0.504. The number of aliphatic hydroxyl groups excluding tert-OH is 1. The number of likely N-dealkylation sites (N-methyl/N-ethyl adjacent to an activating group) is 1. The van der Waals surface area contributed by atoms with Crippen molar-refractivity contribution >= 4 is 0 Å². The topological polar surface area (TPSA) is 23.5 Å². The molecule has 0 saturated heterocycles. The fraction of sp³-hybridized carbons (Fsp3) is 1.00. The monoisotopic (exact) mass is 196 g/mol. The molecule has 0 bridgehead atoms. The van der Waals surface area contributed by atoms with Crippen molar-refractivity contribution in [2.24, 2.45) is 5.92 Å². The van der Waals surface area contributed by atoms with Crippen LogP contribution in [0.25, 0.3) is 0 Å². The average Bonchev–Trinajstić information content (AvgIpc) is 1.58. The molecule has 0 aliphatic heterocycles. The molecule has 1 radical (unpaired) electrons. The van der Waals surface area contributed by atoms with Gasteiger partial charge in [-0.25, -0.2) is 0 Å². The molecule has 0 spiro atoms. The summed E-state index contributed by atoms with van der Waals surface area (Å²) in [6, 6.07) is 0. The van der Waals surface area contributed by atoms with Crippen molar-refractivity contribution in [1.82, 2.24) is 4.90 Å². The van der Waals surface area contributed by atoms with Crippen molar-refractivity contribution in [3.63, 3.8) is 0 Å². The molecular weight excluding hydrogens is 177 g/mol. The van der Waals surface area contributed by atoms with Gasteiger partial charge in [-0.2, -0.15) is 0 Å². The van der Waals surface area contributed by atoms with Gasteiger partial charge in [0.2, 0.25) is 0 Å². The molecule has 11 heavy (non-hydrogen) atoms. The van der Waals surface area contributed by atoms with Crippen LogP contribution >= 0.6 is 0 Å². The van der Waals surface area contributed by atoms with E-state index in [1.165, 1.54) is 0 Å². The van der Waals surface area contributed by atoms with Crippen LogP contribution in [0.5, 0.6) is 0 Å². The van der Waals surface area contributed by atoms with Crippen LogP contribution in [0.2, 0.25) is 0 Å². The molecule has 0 aliphatic rings. The number of hydrogen-bond donors (Lipinski definition) is 1. The van der Waals surface area contributed by atoms with Gasteiger partial charge in [0.15, 0.2) is 0 Å². The molecule has 0 aromatic heterocycles. The Balaban J connectivity index is 0. The van der Waals surface area contributed by atoms with Crippen LogP contribution in [0.1, 0.15) is 20.8 Å². The zero-order valence-electron chi connectivity index (χ0n) is 7.91. The SMILES string of the molecule is CC(C)CN(C)CC(C)O.[V]. The Morgan fingerprint density at radius 3 is 1.91 bits per heavy atom. The number of nitrogens with zero attached hydrogens (tertiary/aromatic N) is 1. The minimum Gasteiger partial charge on any atom is -0.392 e. The third kappa shape index (κ3) is 10.5. The van der Waals surface area contributed by atoms with E-state index in [2.05, 4.69) is 18.7 Å². The minimum atomic E-state index is -0.205. The Bertz CT molecular complexity index is 76.2. The van der Waals surface area contributed by atoms with Gasteiger partial charge in [0.25, 0.3) is 0 Å². The van der Waals surface area contributed by atoms with Gasteiger partial charge < -0.3 is 10.0 Å². The predicted octanol–water partition coefficient (Wildman–Crippen LogP) is 0.953. The summed E-state index contributed by atoms with van der Waals surface area (Å²) < 4.78 is 0. The van der Waals surface area contributed by atoms with Crippen molar-refractivity contribution in [3.05, 3.63) is 0 Å². The second-order valence-corrected chi connectivity index (χ2v) is 3.46. The van der Waals surface area contributed by atoms with E-state index in [-0.39, 0.29) is 24.7 Å². The molecule has 0 aromatic rings. The molecule has 67 valence electrons. The predicted molar refractivity (Wildman–Crippen MR) is 44.0 cm³/mol. The molecule has 0 rings (SSSR count). The summed E-state index contributed by atoms with van der Waals surface area (Å²) in [5.74, 6) is 0.684. The van der Waals surface area contributed by atoms with E-state index in [9.17, 15) is 0 Å². The van der Waals surface area contributed by atoms with Gasteiger partial charge in [0, 0.05) is 31.6 Å². The van der Waals surface area contributed by atoms with E-state index in [1.54, 1.807) is 0 Å². The maximum Gasteiger partial charge on any atom is 0.0638 e. The van der Waals surface area contributed by atoms with Crippen molar-refractivity contribution in [3.8, 4) is 0 Å². The fourth-order valence-electron chi connectivity index (χ4n) is 1.15. The van der Waals surface area contributed by atoms with Gasteiger partial charge in [-0.15, -0.1) is 0 Å². The van der Waals surface area contributed by atoms with Crippen molar-refractivity contribution in [1.29, 1.82) is 0 Å². The molecule has 1 N–H and O–H groups in total. The number of aliphatic hydroxyl groups is 1. The van der Waals surface area contributed by atoms with E-state index < -0.39 is 0 Å². The molecule has 0 amide bonds. The first-order valence-corrected chi connectivity index (χ1v) is 3.89. The summed E-state index contributed by atoms with van der Waals surface area (Å²) >= 11 is 0. The summed E-state index contributed by atoms with van der Waals surface area (Å²) in [6.07, 6.45) is -0.205. The number of hydrogen-bond acceptors (Lipinski definition) is 2. The van der Waals surface area contributed by atoms with Crippen LogP contribution in [0, 0.1) is 5.92 Å². The van der Waals surface area contributed by atoms with Crippen LogP contribution in [-0.4, -0.2) is 36.2 Å². The zero-order valence-corrected chi connectivity index (χ0v) is 9.31. The molecule has 2 nitrogen and oxygen atoms in total. The van der Waals surface area contributed by atoms with Crippen LogP contribution in [0.3, 0.4) is 0 Å². The molecule has 0 aromatic carbocycles. The van der Waals surface area contributed by atoms with E-state index in [0.29, 0.717) is 5.92 Å². The summed E-state index contributed by atoms with van der Waals surface area (Å²) in [5.41, 5.74) is 0. The van der Waals surface area contributed by atoms with E-state index >= 15 is 0 Å². The third-order valence-corrected chi connectivity index (χ3v) is 1.25. The van der Waals surface area contributed by atoms with Gasteiger partial charge in [-0.05, 0) is 19.9 Å². The Labute approximate surface area is 81.9 Å².